The molecule has 0 aliphatic carbocycles. The quantitative estimate of drug-likeness (QED) is 0.596. The Balaban J connectivity index is 4.10. The van der Waals surface area contributed by atoms with Crippen molar-refractivity contribution in [2.24, 2.45) is 0 Å². The minimum absolute atomic E-state index is 0.00881. The molecule has 0 aromatic heterocycles. The van der Waals surface area contributed by atoms with E-state index in [9.17, 15) is 9.90 Å². The van der Waals surface area contributed by atoms with Gasteiger partial charge in [0, 0.05) is 0 Å². The van der Waals surface area contributed by atoms with Gasteiger partial charge >= 0.3 is 5.97 Å². The van der Waals surface area contributed by atoms with E-state index in [1.807, 2.05) is 0 Å². The molecule has 0 fully saturated rings. The zero-order valence-electron chi connectivity index (χ0n) is 11.2. The fraction of sp³-hybridized carbons (Fsp3) is 0.909. The third kappa shape index (κ3) is 5.09. The Morgan fingerprint density at radius 2 is 1.88 bits per heavy atom. The molecule has 0 heterocycles. The molecule has 0 aromatic rings. The van der Waals surface area contributed by atoms with Crippen LogP contribution in [0.3, 0.4) is 0 Å². The highest BCUT2D eigenvalue weighted by Gasteiger charge is 2.37. The number of ether oxygens (including phenoxy) is 1. The fourth-order valence-corrected chi connectivity index (χ4v) is 1.90. The molecule has 0 aliphatic heterocycles. The maximum Gasteiger partial charge on any atom is 0.308 e. The van der Waals surface area contributed by atoms with Gasteiger partial charge in [-0.15, -0.1) is 0 Å². The van der Waals surface area contributed by atoms with Crippen molar-refractivity contribution in [1.29, 1.82) is 0 Å². The molecule has 0 aromatic carbocycles. The predicted molar refractivity (Wildman–Crippen MR) is 65.8 cm³/mol. The van der Waals surface area contributed by atoms with Crippen LogP contribution in [0.1, 0.15) is 27.2 Å². The molecule has 96 valence electrons. The van der Waals surface area contributed by atoms with Crippen LogP contribution in [0.4, 0.5) is 0 Å². The molecule has 0 spiro atoms. The van der Waals surface area contributed by atoms with Crippen LogP contribution in [0.25, 0.3) is 0 Å². The summed E-state index contributed by atoms with van der Waals surface area (Å²) >= 11 is 0. The molecule has 0 saturated carbocycles. The molecule has 1 N–H and O–H groups in total. The SMILES string of the molecule is COC(=O)C[C@H](O)CO[Si](C)(C)C(C)(C)C. The minimum Gasteiger partial charge on any atom is -0.469 e. The van der Waals surface area contributed by atoms with Gasteiger partial charge in [0.25, 0.3) is 0 Å². The average Bonchev–Trinajstić information content (AvgIpc) is 2.13. The van der Waals surface area contributed by atoms with Crippen molar-refractivity contribution in [3.8, 4) is 0 Å². The Labute approximate surface area is 99.1 Å². The van der Waals surface area contributed by atoms with Crippen molar-refractivity contribution in [1.82, 2.24) is 0 Å². The average molecular weight is 248 g/mol. The zero-order valence-corrected chi connectivity index (χ0v) is 12.2. The topological polar surface area (TPSA) is 55.8 Å². The molecule has 4 nitrogen and oxygen atoms in total. The molecular weight excluding hydrogens is 224 g/mol. The monoisotopic (exact) mass is 248 g/mol. The lowest BCUT2D eigenvalue weighted by atomic mass is 10.2. The maximum atomic E-state index is 10.9. The molecule has 1 atom stereocenters. The van der Waals surface area contributed by atoms with Gasteiger partial charge in [0.05, 0.1) is 26.2 Å². The van der Waals surface area contributed by atoms with E-state index >= 15 is 0 Å². The van der Waals surface area contributed by atoms with Crippen LogP contribution in [-0.2, 0) is 14.0 Å². The Bertz CT molecular complexity index is 233. The van der Waals surface area contributed by atoms with Gasteiger partial charge in [-0.1, -0.05) is 20.8 Å². The van der Waals surface area contributed by atoms with E-state index in [2.05, 4.69) is 38.6 Å². The second-order valence-corrected chi connectivity index (χ2v) is 10.3. The highest BCUT2D eigenvalue weighted by molar-refractivity contribution is 6.74. The molecule has 5 heteroatoms. The summed E-state index contributed by atoms with van der Waals surface area (Å²) in [5.41, 5.74) is 0. The van der Waals surface area contributed by atoms with Crippen LogP contribution in [0, 0.1) is 0 Å². The van der Waals surface area contributed by atoms with E-state index in [0.717, 1.165) is 0 Å². The largest absolute Gasteiger partial charge is 0.469 e. The van der Waals surface area contributed by atoms with Gasteiger partial charge < -0.3 is 14.3 Å². The molecule has 0 saturated heterocycles. The summed E-state index contributed by atoms with van der Waals surface area (Å²) in [6, 6.07) is 0. The van der Waals surface area contributed by atoms with Crippen LogP contribution in [0.15, 0.2) is 0 Å². The number of aliphatic hydroxyl groups excluding tert-OH is 1. The van der Waals surface area contributed by atoms with Gasteiger partial charge in [-0.05, 0) is 18.1 Å². The highest BCUT2D eigenvalue weighted by Crippen LogP contribution is 2.36. The number of carbonyl (C=O) groups is 1. The van der Waals surface area contributed by atoms with Crippen molar-refractivity contribution < 1.29 is 19.1 Å². The van der Waals surface area contributed by atoms with Crippen LogP contribution >= 0.6 is 0 Å². The van der Waals surface area contributed by atoms with Crippen molar-refractivity contribution in [2.45, 2.75) is 51.4 Å². The second-order valence-electron chi connectivity index (χ2n) is 5.51. The first kappa shape index (κ1) is 15.6. The molecule has 0 radical (unpaired) electrons. The van der Waals surface area contributed by atoms with Gasteiger partial charge in [0.15, 0.2) is 8.32 Å². The Morgan fingerprint density at radius 3 is 2.25 bits per heavy atom. The van der Waals surface area contributed by atoms with Gasteiger partial charge in [-0.2, -0.15) is 0 Å². The normalized spacial score (nSPS) is 14.7. The second kappa shape index (κ2) is 5.79. The number of rotatable bonds is 5. The van der Waals surface area contributed by atoms with E-state index in [1.165, 1.54) is 7.11 Å². The fourth-order valence-electron chi connectivity index (χ4n) is 0.856. The summed E-state index contributed by atoms with van der Waals surface area (Å²) < 4.78 is 10.3. The van der Waals surface area contributed by atoms with Crippen molar-refractivity contribution in [2.75, 3.05) is 13.7 Å². The van der Waals surface area contributed by atoms with Crippen LogP contribution < -0.4 is 0 Å². The lowest BCUT2D eigenvalue weighted by Crippen LogP contribution is -2.42. The van der Waals surface area contributed by atoms with E-state index in [0.29, 0.717) is 0 Å². The summed E-state index contributed by atoms with van der Waals surface area (Å²) in [6.45, 7) is 10.8. The molecule has 0 rings (SSSR count). The first-order chi connectivity index (χ1) is 7.10. The third-order valence-corrected chi connectivity index (χ3v) is 7.57. The van der Waals surface area contributed by atoms with Crippen molar-refractivity contribution in [3.05, 3.63) is 0 Å². The van der Waals surface area contributed by atoms with Crippen LogP contribution in [0.2, 0.25) is 18.1 Å². The van der Waals surface area contributed by atoms with E-state index in [4.69, 9.17) is 4.43 Å². The molecule has 0 aliphatic rings. The Hall–Kier alpha value is -0.393. The Kier molecular flexibility index (Phi) is 5.65. The van der Waals surface area contributed by atoms with Crippen molar-refractivity contribution >= 4 is 14.3 Å². The summed E-state index contributed by atoms with van der Waals surface area (Å²) in [5, 5.41) is 9.69. The van der Waals surface area contributed by atoms with Gasteiger partial charge in [-0.3, -0.25) is 4.79 Å². The third-order valence-electron chi connectivity index (χ3n) is 3.07. The summed E-state index contributed by atoms with van der Waals surface area (Å²) in [5.74, 6) is -0.411. The lowest BCUT2D eigenvalue weighted by Gasteiger charge is -2.36. The minimum atomic E-state index is -1.84. The standard InChI is InChI=1S/C11H24O4Si/c1-11(2,3)16(5,6)15-8-9(12)7-10(13)14-4/h9,12H,7-8H2,1-6H3/t9-/m0/s1. The molecule has 0 amide bonds. The smallest absolute Gasteiger partial charge is 0.308 e. The zero-order chi connectivity index (χ0) is 13.0. The molecule has 16 heavy (non-hydrogen) atoms. The number of hydrogen-bond donors (Lipinski definition) is 1. The number of hydrogen-bond acceptors (Lipinski definition) is 4. The number of methoxy groups -OCH3 is 1. The van der Waals surface area contributed by atoms with E-state index in [1.54, 1.807) is 0 Å². The van der Waals surface area contributed by atoms with Gasteiger partial charge in [0.2, 0.25) is 0 Å². The summed E-state index contributed by atoms with van der Waals surface area (Å²) in [4.78, 5) is 10.9. The molecule has 0 bridgehead atoms. The predicted octanol–water partition coefficient (Wildman–Crippen LogP) is 1.93. The van der Waals surface area contributed by atoms with E-state index in [-0.39, 0.29) is 18.1 Å². The number of carbonyl (C=O) groups excluding carboxylic acids is 1. The first-order valence-corrected chi connectivity index (χ1v) is 8.40. The summed E-state index contributed by atoms with van der Waals surface area (Å²) in [7, 11) is -0.532. The van der Waals surface area contributed by atoms with Gasteiger partial charge in [0.1, 0.15) is 0 Å². The van der Waals surface area contributed by atoms with E-state index < -0.39 is 20.4 Å². The maximum absolute atomic E-state index is 10.9. The number of esters is 1. The number of aliphatic hydroxyl groups is 1. The first-order valence-electron chi connectivity index (χ1n) is 5.49. The van der Waals surface area contributed by atoms with Gasteiger partial charge in [-0.25, -0.2) is 0 Å². The highest BCUT2D eigenvalue weighted by atomic mass is 28.4. The summed E-state index contributed by atoms with van der Waals surface area (Å²) in [6.07, 6.45) is -0.785. The molecule has 0 unspecified atom stereocenters. The van der Waals surface area contributed by atoms with Crippen molar-refractivity contribution in [3.63, 3.8) is 0 Å². The molecular formula is C11H24O4Si. The lowest BCUT2D eigenvalue weighted by molar-refractivity contribution is -0.143. The van der Waals surface area contributed by atoms with Crippen LogP contribution in [0.5, 0.6) is 0 Å². The van der Waals surface area contributed by atoms with Crippen LogP contribution in [-0.4, -0.2) is 39.2 Å². The Morgan fingerprint density at radius 1 is 1.38 bits per heavy atom.